The van der Waals surface area contributed by atoms with Gasteiger partial charge in [0, 0.05) is 0 Å². The SMILES string of the molecule is CCCCC1CCC(OCC2CCC(c3ccc(OCC)c(F)c3F)CC2)OC1. The summed E-state index contributed by atoms with van der Waals surface area (Å²) >= 11 is 0. The fourth-order valence-electron chi connectivity index (χ4n) is 4.65. The Morgan fingerprint density at radius 1 is 0.966 bits per heavy atom. The van der Waals surface area contributed by atoms with Gasteiger partial charge in [-0.2, -0.15) is 4.39 Å². The molecule has 0 aromatic heterocycles. The molecule has 1 aromatic carbocycles. The van der Waals surface area contributed by atoms with Crippen molar-refractivity contribution in [2.75, 3.05) is 19.8 Å². The van der Waals surface area contributed by atoms with Crippen molar-refractivity contribution in [2.24, 2.45) is 11.8 Å². The molecule has 5 heteroatoms. The van der Waals surface area contributed by atoms with Crippen LogP contribution < -0.4 is 4.74 Å². The summed E-state index contributed by atoms with van der Waals surface area (Å²) < 4.78 is 45.7. The summed E-state index contributed by atoms with van der Waals surface area (Å²) in [6.07, 6.45) is 9.58. The van der Waals surface area contributed by atoms with Crippen LogP contribution >= 0.6 is 0 Å². The standard InChI is InChI=1S/C24H36F2O3/c1-3-5-6-17-9-14-22(28-15-17)29-16-18-7-10-19(11-8-18)20-12-13-21(27-4-2)24(26)23(20)25/h12-13,17-19,22H,3-11,14-16H2,1-2H3. The van der Waals surface area contributed by atoms with Gasteiger partial charge in [-0.1, -0.05) is 25.8 Å². The molecule has 0 N–H and O–H groups in total. The molecule has 2 atom stereocenters. The average Bonchev–Trinajstić information content (AvgIpc) is 2.75. The lowest BCUT2D eigenvalue weighted by Gasteiger charge is -2.32. The van der Waals surface area contributed by atoms with Crippen molar-refractivity contribution < 1.29 is 23.0 Å². The van der Waals surface area contributed by atoms with Crippen molar-refractivity contribution in [1.29, 1.82) is 0 Å². The van der Waals surface area contributed by atoms with Crippen LogP contribution in [0.15, 0.2) is 12.1 Å². The fourth-order valence-corrected chi connectivity index (χ4v) is 4.65. The molecule has 3 rings (SSSR count). The van der Waals surface area contributed by atoms with Crippen LogP contribution in [0.2, 0.25) is 0 Å². The smallest absolute Gasteiger partial charge is 0.200 e. The second-order valence-corrected chi connectivity index (χ2v) is 8.61. The summed E-state index contributed by atoms with van der Waals surface area (Å²) in [5.74, 6) is -0.370. The van der Waals surface area contributed by atoms with Crippen LogP contribution in [0.1, 0.15) is 83.1 Å². The Balaban J connectivity index is 1.40. The molecule has 1 aliphatic carbocycles. The van der Waals surface area contributed by atoms with Gasteiger partial charge in [0.2, 0.25) is 5.82 Å². The molecule has 29 heavy (non-hydrogen) atoms. The number of ether oxygens (including phenoxy) is 3. The number of rotatable bonds is 9. The lowest BCUT2D eigenvalue weighted by Crippen LogP contribution is -2.30. The van der Waals surface area contributed by atoms with E-state index in [4.69, 9.17) is 14.2 Å². The van der Waals surface area contributed by atoms with Crippen molar-refractivity contribution in [2.45, 2.75) is 83.8 Å². The van der Waals surface area contributed by atoms with Gasteiger partial charge in [-0.25, -0.2) is 4.39 Å². The van der Waals surface area contributed by atoms with E-state index in [-0.39, 0.29) is 18.0 Å². The van der Waals surface area contributed by atoms with E-state index < -0.39 is 11.6 Å². The Labute approximate surface area is 174 Å². The molecule has 1 saturated heterocycles. The van der Waals surface area contributed by atoms with E-state index in [1.165, 1.54) is 25.7 Å². The Kier molecular flexibility index (Phi) is 8.73. The number of unbranched alkanes of at least 4 members (excludes halogenated alkanes) is 1. The minimum Gasteiger partial charge on any atom is -0.491 e. The highest BCUT2D eigenvalue weighted by molar-refractivity contribution is 5.33. The van der Waals surface area contributed by atoms with Crippen molar-refractivity contribution >= 4 is 0 Å². The molecular formula is C24H36F2O3. The van der Waals surface area contributed by atoms with Crippen LogP contribution in [0.5, 0.6) is 5.75 Å². The van der Waals surface area contributed by atoms with Crippen LogP contribution in [0.4, 0.5) is 8.78 Å². The van der Waals surface area contributed by atoms with E-state index in [0.717, 1.165) is 38.7 Å². The maximum absolute atomic E-state index is 14.5. The number of hydrogen-bond donors (Lipinski definition) is 0. The molecule has 0 amide bonds. The first-order valence-electron chi connectivity index (χ1n) is 11.5. The van der Waals surface area contributed by atoms with Gasteiger partial charge in [0.1, 0.15) is 0 Å². The molecule has 0 spiro atoms. The van der Waals surface area contributed by atoms with Gasteiger partial charge in [0.25, 0.3) is 0 Å². The minimum absolute atomic E-state index is 0.000233. The van der Waals surface area contributed by atoms with Crippen LogP contribution in [-0.4, -0.2) is 26.1 Å². The van der Waals surface area contributed by atoms with Gasteiger partial charge < -0.3 is 14.2 Å². The van der Waals surface area contributed by atoms with Gasteiger partial charge in [0.15, 0.2) is 17.9 Å². The molecule has 164 valence electrons. The molecular weight excluding hydrogens is 374 g/mol. The predicted molar refractivity (Wildman–Crippen MR) is 110 cm³/mol. The van der Waals surface area contributed by atoms with Gasteiger partial charge in [-0.3, -0.25) is 0 Å². The topological polar surface area (TPSA) is 27.7 Å². The number of benzene rings is 1. The Morgan fingerprint density at radius 3 is 2.38 bits per heavy atom. The van der Waals surface area contributed by atoms with E-state index in [1.54, 1.807) is 19.1 Å². The highest BCUT2D eigenvalue weighted by Crippen LogP contribution is 2.39. The first kappa shape index (κ1) is 22.5. The van der Waals surface area contributed by atoms with E-state index in [2.05, 4.69) is 6.92 Å². The molecule has 3 nitrogen and oxygen atoms in total. The summed E-state index contributed by atoms with van der Waals surface area (Å²) in [7, 11) is 0. The average molecular weight is 411 g/mol. The second-order valence-electron chi connectivity index (χ2n) is 8.61. The monoisotopic (exact) mass is 410 g/mol. The Bertz CT molecular complexity index is 621. The molecule has 1 saturated carbocycles. The predicted octanol–water partition coefficient (Wildman–Crippen LogP) is 6.60. The Hall–Kier alpha value is -1.20. The molecule has 1 aliphatic heterocycles. The Morgan fingerprint density at radius 2 is 1.72 bits per heavy atom. The summed E-state index contributed by atoms with van der Waals surface area (Å²) in [5, 5.41) is 0. The summed E-state index contributed by atoms with van der Waals surface area (Å²) in [6.45, 7) is 5.84. The summed E-state index contributed by atoms with van der Waals surface area (Å²) in [4.78, 5) is 0. The van der Waals surface area contributed by atoms with Crippen LogP contribution in [0.25, 0.3) is 0 Å². The van der Waals surface area contributed by atoms with Crippen molar-refractivity contribution in [3.63, 3.8) is 0 Å². The maximum Gasteiger partial charge on any atom is 0.200 e. The van der Waals surface area contributed by atoms with Crippen LogP contribution in [0.3, 0.4) is 0 Å². The van der Waals surface area contributed by atoms with Crippen LogP contribution in [0, 0.1) is 23.5 Å². The first-order chi connectivity index (χ1) is 14.1. The quantitative estimate of drug-likeness (QED) is 0.459. The largest absolute Gasteiger partial charge is 0.491 e. The van der Waals surface area contributed by atoms with Gasteiger partial charge in [-0.15, -0.1) is 0 Å². The van der Waals surface area contributed by atoms with E-state index >= 15 is 0 Å². The zero-order valence-corrected chi connectivity index (χ0v) is 17.9. The molecule has 2 unspecified atom stereocenters. The third-order valence-corrected chi connectivity index (χ3v) is 6.48. The lowest BCUT2D eigenvalue weighted by molar-refractivity contribution is -0.183. The van der Waals surface area contributed by atoms with Crippen LogP contribution in [-0.2, 0) is 9.47 Å². The summed E-state index contributed by atoms with van der Waals surface area (Å²) in [5.41, 5.74) is 0.485. The minimum atomic E-state index is -0.860. The summed E-state index contributed by atoms with van der Waals surface area (Å²) in [6, 6.07) is 3.25. The second kappa shape index (κ2) is 11.3. The van der Waals surface area contributed by atoms with E-state index in [9.17, 15) is 8.78 Å². The zero-order valence-electron chi connectivity index (χ0n) is 17.9. The number of halogens is 2. The van der Waals surface area contributed by atoms with Gasteiger partial charge in [-0.05, 0) is 81.3 Å². The van der Waals surface area contributed by atoms with Gasteiger partial charge in [0.05, 0.1) is 19.8 Å². The molecule has 0 radical (unpaired) electrons. The molecule has 1 aromatic rings. The highest BCUT2D eigenvalue weighted by atomic mass is 19.2. The molecule has 1 heterocycles. The third kappa shape index (κ3) is 6.14. The molecule has 2 fully saturated rings. The maximum atomic E-state index is 14.5. The van der Waals surface area contributed by atoms with Crippen molar-refractivity contribution in [1.82, 2.24) is 0 Å². The van der Waals surface area contributed by atoms with Crippen molar-refractivity contribution in [3.05, 3.63) is 29.3 Å². The molecule has 2 aliphatic rings. The zero-order chi connectivity index (χ0) is 20.6. The highest BCUT2D eigenvalue weighted by Gasteiger charge is 2.28. The van der Waals surface area contributed by atoms with E-state index in [1.807, 2.05) is 0 Å². The number of hydrogen-bond acceptors (Lipinski definition) is 3. The van der Waals surface area contributed by atoms with Gasteiger partial charge >= 0.3 is 0 Å². The molecule has 0 bridgehead atoms. The first-order valence-corrected chi connectivity index (χ1v) is 11.5. The lowest BCUT2D eigenvalue weighted by atomic mass is 9.79. The third-order valence-electron chi connectivity index (χ3n) is 6.48. The normalized spacial score (nSPS) is 27.7. The van der Waals surface area contributed by atoms with Crippen molar-refractivity contribution in [3.8, 4) is 5.75 Å². The van der Waals surface area contributed by atoms with E-state index in [0.29, 0.717) is 30.6 Å². The fraction of sp³-hybridized carbons (Fsp3) is 0.750.